The molecular weight excluding hydrogens is 218 g/mol. The Kier molecular flexibility index (Phi) is 16.3. The lowest BCUT2D eigenvalue weighted by Gasteiger charge is -2.18. The number of carbonyl (C=O) groups is 2. The van der Waals surface area contributed by atoms with Gasteiger partial charge in [-0.1, -0.05) is 34.6 Å². The fourth-order valence-corrected chi connectivity index (χ4v) is 0.439. The molecule has 0 aliphatic heterocycles. The van der Waals surface area contributed by atoms with Crippen molar-refractivity contribution < 1.29 is 14.3 Å². The zero-order chi connectivity index (χ0) is 14.5. The highest BCUT2D eigenvalue weighted by atomic mass is 16.6. The minimum absolute atomic E-state index is 0.00505. The zero-order valence-electron chi connectivity index (χ0n) is 12.6. The van der Waals surface area contributed by atoms with E-state index in [4.69, 9.17) is 4.74 Å². The van der Waals surface area contributed by atoms with Gasteiger partial charge >= 0.3 is 6.09 Å². The standard InChI is InChI=1S/C7H13NO3.C4H10.C2H6/c1-7(2,3)11-6(10)8-4-5-9;1-4(2)3;1-2/h5H,4H2,1-3H3,(H,8,10);4H,1-3H3;1-2H3. The van der Waals surface area contributed by atoms with Crippen molar-refractivity contribution in [2.45, 2.75) is 61.0 Å². The van der Waals surface area contributed by atoms with Gasteiger partial charge < -0.3 is 14.8 Å². The van der Waals surface area contributed by atoms with Crippen LogP contribution in [0.1, 0.15) is 55.4 Å². The van der Waals surface area contributed by atoms with Crippen LogP contribution in [-0.4, -0.2) is 24.5 Å². The molecule has 1 N–H and O–H groups in total. The summed E-state index contributed by atoms with van der Waals surface area (Å²) in [5.74, 6) is 0.833. The minimum atomic E-state index is -0.565. The van der Waals surface area contributed by atoms with E-state index in [1.807, 2.05) is 13.8 Å². The number of nitrogens with one attached hydrogen (secondary N) is 1. The number of aldehydes is 1. The Balaban J connectivity index is -0.000000275. The second kappa shape index (κ2) is 13.0. The topological polar surface area (TPSA) is 55.4 Å². The van der Waals surface area contributed by atoms with Gasteiger partial charge in [0.15, 0.2) is 0 Å². The number of amides is 1. The predicted molar refractivity (Wildman–Crippen MR) is 72.2 cm³/mol. The maximum atomic E-state index is 10.7. The highest BCUT2D eigenvalue weighted by Gasteiger charge is 2.14. The summed E-state index contributed by atoms with van der Waals surface area (Å²) in [6, 6.07) is 0. The molecule has 0 bridgehead atoms. The number of ether oxygens (including phenoxy) is 1. The van der Waals surface area contributed by atoms with E-state index in [0.29, 0.717) is 6.29 Å². The van der Waals surface area contributed by atoms with Crippen LogP contribution in [-0.2, 0) is 9.53 Å². The van der Waals surface area contributed by atoms with Gasteiger partial charge in [-0.05, 0) is 26.7 Å². The Hall–Kier alpha value is -1.06. The molecule has 0 heterocycles. The summed E-state index contributed by atoms with van der Waals surface area (Å²) in [7, 11) is 0. The van der Waals surface area contributed by atoms with Gasteiger partial charge in [0.2, 0.25) is 0 Å². The molecule has 0 aromatic carbocycles. The van der Waals surface area contributed by atoms with Gasteiger partial charge in [-0.2, -0.15) is 0 Å². The lowest BCUT2D eigenvalue weighted by molar-refractivity contribution is -0.107. The van der Waals surface area contributed by atoms with Crippen LogP contribution in [0.3, 0.4) is 0 Å². The molecule has 0 rings (SSSR count). The lowest BCUT2D eigenvalue weighted by atomic mass is 10.2. The van der Waals surface area contributed by atoms with Crippen LogP contribution in [0, 0.1) is 5.92 Å². The summed E-state index contributed by atoms with van der Waals surface area (Å²) in [6.07, 6.45) is 0.0359. The van der Waals surface area contributed by atoms with E-state index >= 15 is 0 Å². The molecule has 4 nitrogen and oxygen atoms in total. The number of hydrogen-bond donors (Lipinski definition) is 1. The molecule has 104 valence electrons. The fraction of sp³-hybridized carbons (Fsp3) is 0.846. The molecule has 0 fully saturated rings. The first-order valence-electron chi connectivity index (χ1n) is 6.09. The van der Waals surface area contributed by atoms with E-state index in [0.717, 1.165) is 5.92 Å². The van der Waals surface area contributed by atoms with Crippen LogP contribution in [0.5, 0.6) is 0 Å². The van der Waals surface area contributed by atoms with E-state index in [1.165, 1.54) is 0 Å². The van der Waals surface area contributed by atoms with Gasteiger partial charge in [-0.25, -0.2) is 4.79 Å². The highest BCUT2D eigenvalue weighted by Crippen LogP contribution is 2.05. The van der Waals surface area contributed by atoms with Gasteiger partial charge in [0.25, 0.3) is 0 Å². The molecule has 0 aliphatic carbocycles. The van der Waals surface area contributed by atoms with E-state index in [1.54, 1.807) is 20.8 Å². The van der Waals surface area contributed by atoms with Crippen LogP contribution < -0.4 is 5.32 Å². The van der Waals surface area contributed by atoms with Crippen LogP contribution >= 0.6 is 0 Å². The van der Waals surface area contributed by atoms with Crippen molar-refractivity contribution in [3.63, 3.8) is 0 Å². The fourth-order valence-electron chi connectivity index (χ4n) is 0.439. The van der Waals surface area contributed by atoms with Crippen molar-refractivity contribution in [1.29, 1.82) is 0 Å². The lowest BCUT2D eigenvalue weighted by Crippen LogP contribution is -2.33. The molecule has 4 heteroatoms. The molecule has 0 radical (unpaired) electrons. The Labute approximate surface area is 106 Å². The molecule has 17 heavy (non-hydrogen) atoms. The van der Waals surface area contributed by atoms with Crippen molar-refractivity contribution in [2.75, 3.05) is 6.54 Å². The van der Waals surface area contributed by atoms with E-state index < -0.39 is 11.7 Å². The van der Waals surface area contributed by atoms with E-state index in [2.05, 4.69) is 26.1 Å². The Morgan fingerprint density at radius 2 is 1.59 bits per heavy atom. The van der Waals surface area contributed by atoms with Crippen molar-refractivity contribution in [2.24, 2.45) is 5.92 Å². The van der Waals surface area contributed by atoms with Gasteiger partial charge in [0, 0.05) is 0 Å². The summed E-state index contributed by atoms with van der Waals surface area (Å²) >= 11 is 0. The van der Waals surface area contributed by atoms with Crippen molar-refractivity contribution in [3.05, 3.63) is 0 Å². The summed E-state index contributed by atoms with van der Waals surface area (Å²) in [6.45, 7) is 15.8. The molecule has 0 aromatic rings. The summed E-state index contributed by atoms with van der Waals surface area (Å²) in [4.78, 5) is 20.5. The first-order chi connectivity index (χ1) is 7.69. The normalized spacial score (nSPS) is 9.24. The van der Waals surface area contributed by atoms with Gasteiger partial charge in [0.1, 0.15) is 11.9 Å². The largest absolute Gasteiger partial charge is 0.444 e. The Morgan fingerprint density at radius 3 is 1.82 bits per heavy atom. The number of rotatable bonds is 2. The van der Waals surface area contributed by atoms with Gasteiger partial charge in [-0.15, -0.1) is 0 Å². The Bertz CT molecular complexity index is 181. The monoisotopic (exact) mass is 247 g/mol. The third-order valence-corrected chi connectivity index (χ3v) is 0.729. The maximum Gasteiger partial charge on any atom is 0.408 e. The average Bonchev–Trinajstić information content (AvgIpc) is 2.14. The van der Waals surface area contributed by atoms with Crippen LogP contribution in [0.2, 0.25) is 0 Å². The SMILES string of the molecule is CC.CC(C)(C)OC(=O)NCC=O.CC(C)C. The molecule has 1 amide bonds. The van der Waals surface area contributed by atoms with Gasteiger partial charge in [-0.3, -0.25) is 0 Å². The van der Waals surface area contributed by atoms with Crippen LogP contribution in [0.4, 0.5) is 4.79 Å². The molecule has 0 unspecified atom stereocenters. The van der Waals surface area contributed by atoms with Crippen molar-refractivity contribution in [3.8, 4) is 0 Å². The van der Waals surface area contributed by atoms with E-state index in [9.17, 15) is 9.59 Å². The third kappa shape index (κ3) is 39.7. The molecule has 0 aromatic heterocycles. The molecular formula is C13H29NO3. The van der Waals surface area contributed by atoms with Crippen LogP contribution in [0.25, 0.3) is 0 Å². The quantitative estimate of drug-likeness (QED) is 0.761. The zero-order valence-corrected chi connectivity index (χ0v) is 12.6. The first-order valence-corrected chi connectivity index (χ1v) is 6.09. The first kappa shape index (κ1) is 21.2. The number of alkyl carbamates (subject to hydrolysis) is 1. The second-order valence-electron chi connectivity index (χ2n) is 4.78. The minimum Gasteiger partial charge on any atom is -0.444 e. The van der Waals surface area contributed by atoms with Crippen LogP contribution in [0.15, 0.2) is 0 Å². The molecule has 0 spiro atoms. The highest BCUT2D eigenvalue weighted by molar-refractivity contribution is 5.71. The smallest absolute Gasteiger partial charge is 0.408 e. The maximum absolute atomic E-state index is 10.7. The number of hydrogen-bond acceptors (Lipinski definition) is 3. The molecule has 0 atom stereocenters. The van der Waals surface area contributed by atoms with Gasteiger partial charge in [0.05, 0.1) is 6.54 Å². The molecule has 0 saturated carbocycles. The summed E-state index contributed by atoms with van der Waals surface area (Å²) < 4.78 is 4.83. The van der Waals surface area contributed by atoms with E-state index in [-0.39, 0.29) is 6.54 Å². The summed E-state index contributed by atoms with van der Waals surface area (Å²) in [5.41, 5.74) is -0.507. The molecule has 0 saturated heterocycles. The number of carbonyl (C=O) groups excluding carboxylic acids is 2. The Morgan fingerprint density at radius 1 is 1.24 bits per heavy atom. The van der Waals surface area contributed by atoms with Crippen molar-refractivity contribution in [1.82, 2.24) is 5.32 Å². The molecule has 0 aliphatic rings. The average molecular weight is 247 g/mol. The predicted octanol–water partition coefficient (Wildman–Crippen LogP) is 3.40. The summed E-state index contributed by atoms with van der Waals surface area (Å²) in [5, 5.41) is 2.26. The second-order valence-corrected chi connectivity index (χ2v) is 4.78. The third-order valence-electron chi connectivity index (χ3n) is 0.729. The van der Waals surface area contributed by atoms with Crippen molar-refractivity contribution >= 4 is 12.4 Å².